The van der Waals surface area contributed by atoms with Crippen LogP contribution in [0.2, 0.25) is 0 Å². The summed E-state index contributed by atoms with van der Waals surface area (Å²) in [6, 6.07) is 13.1. The van der Waals surface area contributed by atoms with Gasteiger partial charge in [-0.1, -0.05) is 18.2 Å². The van der Waals surface area contributed by atoms with E-state index in [1.54, 1.807) is 18.2 Å². The average molecular weight is 572 g/mol. The number of halogens is 3. The van der Waals surface area contributed by atoms with Gasteiger partial charge in [-0.05, 0) is 84.8 Å². The molecule has 0 atom stereocenters. The Hall–Kier alpha value is -4.65. The van der Waals surface area contributed by atoms with Gasteiger partial charge in [-0.2, -0.15) is 13.2 Å². The number of ether oxygens (including phenoxy) is 1. The summed E-state index contributed by atoms with van der Waals surface area (Å²) in [5, 5.41) is 13.4. The number of rotatable bonds is 7. The Labute approximate surface area is 229 Å². The van der Waals surface area contributed by atoms with Gasteiger partial charge in [-0.25, -0.2) is 0 Å². The van der Waals surface area contributed by atoms with Crippen molar-refractivity contribution >= 4 is 46.3 Å². The van der Waals surface area contributed by atoms with E-state index in [4.69, 9.17) is 4.74 Å². The van der Waals surface area contributed by atoms with Gasteiger partial charge in [0.25, 0.3) is 11.1 Å². The zero-order valence-corrected chi connectivity index (χ0v) is 21.8. The molecule has 1 aliphatic rings. The third-order valence-electron chi connectivity index (χ3n) is 5.83. The fourth-order valence-corrected chi connectivity index (χ4v) is 4.51. The number of alkyl halides is 3. The van der Waals surface area contributed by atoms with Crippen LogP contribution in [0.25, 0.3) is 6.08 Å². The molecule has 0 unspecified atom stereocenters. The van der Waals surface area contributed by atoms with Crippen LogP contribution in [0.4, 0.5) is 29.3 Å². The third kappa shape index (κ3) is 6.49. The Morgan fingerprint density at radius 1 is 1.07 bits per heavy atom. The minimum atomic E-state index is -4.77. The number of nitro benzene ring substituents is 1. The summed E-state index contributed by atoms with van der Waals surface area (Å²) in [7, 11) is 0. The van der Waals surface area contributed by atoms with E-state index in [1.807, 2.05) is 19.9 Å². The monoisotopic (exact) mass is 571 g/mol. The molecule has 0 saturated carbocycles. The summed E-state index contributed by atoms with van der Waals surface area (Å²) in [6.07, 6.45) is -3.40. The van der Waals surface area contributed by atoms with E-state index in [0.717, 1.165) is 22.1 Å². The maximum atomic E-state index is 13.0. The van der Waals surface area contributed by atoms with Crippen LogP contribution in [0.15, 0.2) is 65.6 Å². The number of carbonyl (C=O) groups excluding carboxylic acids is 3. The number of hydrogen-bond acceptors (Lipinski definition) is 7. The van der Waals surface area contributed by atoms with Gasteiger partial charge >= 0.3 is 11.9 Å². The third-order valence-corrected chi connectivity index (χ3v) is 6.74. The van der Waals surface area contributed by atoms with Crippen molar-refractivity contribution < 1.29 is 37.2 Å². The lowest BCUT2D eigenvalue weighted by atomic mass is 10.1. The number of nitrogens with zero attached hydrogens (tertiary/aromatic N) is 2. The van der Waals surface area contributed by atoms with Gasteiger partial charge < -0.3 is 10.1 Å². The molecule has 0 aliphatic carbocycles. The summed E-state index contributed by atoms with van der Waals surface area (Å²) >= 11 is 0.631. The summed E-state index contributed by atoms with van der Waals surface area (Å²) in [5.74, 6) is -1.61. The van der Waals surface area contributed by atoms with Gasteiger partial charge in [0.1, 0.15) is 12.3 Å². The van der Waals surface area contributed by atoms with Crippen molar-refractivity contribution in [3.63, 3.8) is 0 Å². The second kappa shape index (κ2) is 11.2. The van der Waals surface area contributed by atoms with Crippen LogP contribution in [0.1, 0.15) is 22.3 Å². The molecule has 13 heteroatoms. The van der Waals surface area contributed by atoms with Crippen molar-refractivity contribution in [3.05, 3.63) is 97.9 Å². The van der Waals surface area contributed by atoms with Gasteiger partial charge in [0.05, 0.1) is 15.4 Å². The van der Waals surface area contributed by atoms with Gasteiger partial charge in [-0.15, -0.1) is 0 Å². The van der Waals surface area contributed by atoms with Crippen molar-refractivity contribution in [2.45, 2.75) is 20.0 Å². The van der Waals surface area contributed by atoms with Gasteiger partial charge in [0.15, 0.2) is 0 Å². The fraction of sp³-hybridized carbons (Fsp3) is 0.148. The summed E-state index contributed by atoms with van der Waals surface area (Å²) < 4.78 is 44.4. The van der Waals surface area contributed by atoms with Crippen molar-refractivity contribution in [2.24, 2.45) is 0 Å². The molecule has 4 rings (SSSR count). The molecule has 206 valence electrons. The molecule has 3 aromatic carbocycles. The largest absolute Gasteiger partial charge is 0.450 e. The first-order valence-corrected chi connectivity index (χ1v) is 12.4. The van der Waals surface area contributed by atoms with Crippen LogP contribution in [0, 0.1) is 24.0 Å². The SMILES string of the molecule is Cc1ccc(NC(=O)CN2C(=O)S/C(=C/c3cccc(Oc4ccc(C(F)(F)F)cc4[N+](=O)[O-])c3)C2=O)cc1C. The molecule has 3 amide bonds. The summed E-state index contributed by atoms with van der Waals surface area (Å²) in [4.78, 5) is 49.0. The zero-order chi connectivity index (χ0) is 29.2. The highest BCUT2D eigenvalue weighted by atomic mass is 32.2. The molecular weight excluding hydrogens is 551 g/mol. The molecule has 1 heterocycles. The van der Waals surface area contributed by atoms with Gasteiger partial charge in [-0.3, -0.25) is 29.4 Å². The fourth-order valence-electron chi connectivity index (χ4n) is 3.67. The number of benzene rings is 3. The second-order valence-electron chi connectivity index (χ2n) is 8.73. The van der Waals surface area contributed by atoms with E-state index in [-0.39, 0.29) is 10.7 Å². The highest BCUT2D eigenvalue weighted by molar-refractivity contribution is 8.18. The Kier molecular flexibility index (Phi) is 7.96. The molecule has 0 bridgehead atoms. The lowest BCUT2D eigenvalue weighted by molar-refractivity contribution is -0.385. The number of nitro groups is 1. The zero-order valence-electron chi connectivity index (χ0n) is 20.9. The minimum absolute atomic E-state index is 0.0293. The topological polar surface area (TPSA) is 119 Å². The number of carbonyl (C=O) groups is 3. The lowest BCUT2D eigenvalue weighted by Crippen LogP contribution is -2.36. The maximum absolute atomic E-state index is 13.0. The van der Waals surface area contributed by atoms with Gasteiger partial charge in [0.2, 0.25) is 11.7 Å². The number of hydrogen-bond donors (Lipinski definition) is 1. The number of amides is 3. The molecule has 9 nitrogen and oxygen atoms in total. The standard InChI is InChI=1S/C27H20F3N3O6S/c1-15-6-8-19(10-16(15)2)31-24(34)14-32-25(35)23(40-26(32)36)12-17-4-3-5-20(11-17)39-22-9-7-18(27(28,29)30)13-21(22)33(37)38/h3-13H,14H2,1-2H3,(H,31,34)/b23-12+. The van der Waals surface area contributed by atoms with Crippen molar-refractivity contribution in [3.8, 4) is 11.5 Å². The van der Waals surface area contributed by atoms with E-state index in [9.17, 15) is 37.7 Å². The Balaban J connectivity index is 1.48. The van der Waals surface area contributed by atoms with Crippen LogP contribution in [0.3, 0.4) is 0 Å². The molecule has 1 aliphatic heterocycles. The number of imide groups is 1. The first-order valence-electron chi connectivity index (χ1n) is 11.6. The second-order valence-corrected chi connectivity index (χ2v) is 9.72. The molecule has 40 heavy (non-hydrogen) atoms. The first kappa shape index (κ1) is 28.4. The average Bonchev–Trinajstić information content (AvgIpc) is 3.13. The molecule has 1 saturated heterocycles. The van der Waals surface area contributed by atoms with E-state index in [1.165, 1.54) is 24.3 Å². The summed E-state index contributed by atoms with van der Waals surface area (Å²) in [5.41, 5.74) is 0.837. The molecular formula is C27H20F3N3O6S. The number of aryl methyl sites for hydroxylation is 2. The molecule has 1 fully saturated rings. The predicted octanol–water partition coefficient (Wildman–Crippen LogP) is 6.70. The minimum Gasteiger partial charge on any atom is -0.450 e. The highest BCUT2D eigenvalue weighted by Gasteiger charge is 2.36. The van der Waals surface area contributed by atoms with Crippen LogP contribution in [-0.4, -0.2) is 33.4 Å². The number of nitrogens with one attached hydrogen (secondary N) is 1. The normalized spacial score (nSPS) is 14.5. The number of thioether (sulfide) groups is 1. The van der Waals surface area contributed by atoms with E-state index in [2.05, 4.69) is 5.32 Å². The molecule has 3 aromatic rings. The predicted molar refractivity (Wildman–Crippen MR) is 142 cm³/mol. The Bertz CT molecular complexity index is 1570. The van der Waals surface area contributed by atoms with E-state index in [0.29, 0.717) is 35.1 Å². The molecule has 0 aromatic heterocycles. The first-order chi connectivity index (χ1) is 18.8. The quantitative estimate of drug-likeness (QED) is 0.190. The van der Waals surface area contributed by atoms with Crippen molar-refractivity contribution in [1.29, 1.82) is 0 Å². The van der Waals surface area contributed by atoms with Crippen LogP contribution in [0.5, 0.6) is 11.5 Å². The smallest absolute Gasteiger partial charge is 0.416 e. The Morgan fingerprint density at radius 2 is 1.82 bits per heavy atom. The van der Waals surface area contributed by atoms with Crippen LogP contribution < -0.4 is 10.1 Å². The molecule has 0 spiro atoms. The van der Waals surface area contributed by atoms with Crippen LogP contribution >= 0.6 is 11.8 Å². The number of anilines is 1. The summed E-state index contributed by atoms with van der Waals surface area (Å²) in [6.45, 7) is 3.32. The van der Waals surface area contributed by atoms with Gasteiger partial charge in [0, 0.05) is 11.8 Å². The maximum Gasteiger partial charge on any atom is 0.416 e. The van der Waals surface area contributed by atoms with Crippen molar-refractivity contribution in [1.82, 2.24) is 4.90 Å². The van der Waals surface area contributed by atoms with Crippen molar-refractivity contribution in [2.75, 3.05) is 11.9 Å². The van der Waals surface area contributed by atoms with E-state index < -0.39 is 51.7 Å². The Morgan fingerprint density at radius 3 is 2.50 bits per heavy atom. The molecule has 0 radical (unpaired) electrons. The lowest BCUT2D eigenvalue weighted by Gasteiger charge is -2.13. The highest BCUT2D eigenvalue weighted by Crippen LogP contribution is 2.38. The van der Waals surface area contributed by atoms with Crippen LogP contribution in [-0.2, 0) is 15.8 Å². The molecule has 1 N–H and O–H groups in total. The van der Waals surface area contributed by atoms with E-state index >= 15 is 0 Å².